The summed E-state index contributed by atoms with van der Waals surface area (Å²) >= 11 is 3.69. The number of aromatic nitrogens is 1. The number of hydrogen-bond donors (Lipinski definition) is 0. The van der Waals surface area contributed by atoms with Crippen LogP contribution in [0.3, 0.4) is 0 Å². The average molecular weight is 526 g/mol. The Bertz CT molecular complexity index is 1550. The number of rotatable bonds is 5. The first-order valence-electron chi connectivity index (χ1n) is 13.1. The molecular weight excluding hydrogens is 492 g/mol. The molecule has 3 nitrogen and oxygen atoms in total. The second-order valence-corrected chi connectivity index (χ2v) is 12.6. The van der Waals surface area contributed by atoms with Crippen molar-refractivity contribution in [1.82, 2.24) is 0 Å². The Hall–Kier alpha value is -3.02. The lowest BCUT2D eigenvalue weighted by Crippen LogP contribution is -2.33. The Morgan fingerprint density at radius 2 is 1.89 bits per heavy atom. The molecule has 1 aliphatic heterocycles. The molecule has 2 aromatic carbocycles. The summed E-state index contributed by atoms with van der Waals surface area (Å²) in [6.45, 7) is 11.0. The predicted octanol–water partition coefficient (Wildman–Crippen LogP) is 9.07. The van der Waals surface area contributed by atoms with E-state index in [-0.39, 0.29) is 5.41 Å². The molecule has 6 rings (SSSR count). The molecule has 0 radical (unpaired) electrons. The van der Waals surface area contributed by atoms with E-state index in [0.29, 0.717) is 0 Å². The number of oxazole rings is 1. The second kappa shape index (κ2) is 9.70. The third-order valence-electron chi connectivity index (χ3n) is 7.16. The van der Waals surface area contributed by atoms with Crippen LogP contribution in [0.5, 0.6) is 0 Å². The first kappa shape index (κ1) is 24.3. The van der Waals surface area contributed by atoms with Crippen molar-refractivity contribution in [2.24, 2.45) is 5.41 Å². The van der Waals surface area contributed by atoms with Crippen LogP contribution in [0.4, 0.5) is 5.69 Å². The zero-order valence-corrected chi connectivity index (χ0v) is 23.6. The number of hydrogen-bond acceptors (Lipinski definition) is 4. The predicted molar refractivity (Wildman–Crippen MR) is 158 cm³/mol. The van der Waals surface area contributed by atoms with Crippen molar-refractivity contribution >= 4 is 46.0 Å². The maximum Gasteiger partial charge on any atom is 0.374 e. The topological polar surface area (TPSA) is 20.3 Å². The Kier molecular flexibility index (Phi) is 6.37. The van der Waals surface area contributed by atoms with Crippen LogP contribution in [-0.4, -0.2) is 6.54 Å². The van der Waals surface area contributed by atoms with E-state index in [1.807, 2.05) is 17.8 Å². The van der Waals surface area contributed by atoms with Crippen molar-refractivity contribution in [1.29, 1.82) is 0 Å². The van der Waals surface area contributed by atoms with Crippen LogP contribution in [0.25, 0.3) is 27.6 Å². The van der Waals surface area contributed by atoms with Gasteiger partial charge in [-0.15, -0.1) is 11.3 Å². The van der Waals surface area contributed by atoms with E-state index >= 15 is 0 Å². The van der Waals surface area contributed by atoms with Crippen LogP contribution in [0.15, 0.2) is 97.6 Å². The summed E-state index contributed by atoms with van der Waals surface area (Å²) in [7, 11) is 0. The maximum absolute atomic E-state index is 6.28. The summed E-state index contributed by atoms with van der Waals surface area (Å²) in [4.78, 5) is 5.13. The van der Waals surface area contributed by atoms with Gasteiger partial charge in [0, 0.05) is 22.4 Å². The standard InChI is InChI=1S/C32H33N2OS2/c1-5-33-25-10-7-8-11-27(25)35-30(33)17-22-16-23(21-32(3,4)20-22)18-31-34(6-2)26-19-24(13-14-29(26)37-31)28-12-9-15-36-28/h7-19H,5-6,20-21H2,1-4H3/q+1. The van der Waals surface area contributed by atoms with Gasteiger partial charge in [-0.25, -0.2) is 0 Å². The average Bonchev–Trinajstić information content (AvgIpc) is 3.59. The molecule has 2 aliphatic rings. The Balaban J connectivity index is 1.36. The van der Waals surface area contributed by atoms with Gasteiger partial charge < -0.3 is 9.32 Å². The highest BCUT2D eigenvalue weighted by atomic mass is 32.2. The fourth-order valence-corrected chi connectivity index (χ4v) is 7.53. The van der Waals surface area contributed by atoms with Gasteiger partial charge in [0.15, 0.2) is 0 Å². The third-order valence-corrected chi connectivity index (χ3v) is 9.19. The van der Waals surface area contributed by atoms with E-state index in [1.165, 1.54) is 37.2 Å². The van der Waals surface area contributed by atoms with Gasteiger partial charge in [0.1, 0.15) is 6.54 Å². The fourth-order valence-electron chi connectivity index (χ4n) is 5.63. The summed E-state index contributed by atoms with van der Waals surface area (Å²) in [6, 6.07) is 19.5. The zero-order valence-electron chi connectivity index (χ0n) is 22.0. The lowest BCUT2D eigenvalue weighted by atomic mass is 9.75. The van der Waals surface area contributed by atoms with Crippen molar-refractivity contribution in [3.05, 3.63) is 94.2 Å². The summed E-state index contributed by atoms with van der Waals surface area (Å²) in [5.41, 5.74) is 7.61. The van der Waals surface area contributed by atoms with Crippen molar-refractivity contribution in [3.8, 4) is 10.4 Å². The number of allylic oxidation sites excluding steroid dienone is 4. The normalized spacial score (nSPS) is 19.1. The first-order valence-corrected chi connectivity index (χ1v) is 14.8. The molecule has 4 aromatic rings. The van der Waals surface area contributed by atoms with Crippen LogP contribution in [0.1, 0.15) is 46.4 Å². The summed E-state index contributed by atoms with van der Waals surface area (Å²) in [5, 5.41) is 3.46. The molecule has 1 aliphatic carbocycles. The molecule has 2 aromatic heterocycles. The van der Waals surface area contributed by atoms with Crippen molar-refractivity contribution in [2.75, 3.05) is 11.4 Å². The van der Waals surface area contributed by atoms with Gasteiger partial charge in [-0.1, -0.05) is 56.0 Å². The molecule has 188 valence electrons. The molecule has 0 amide bonds. The third kappa shape index (κ3) is 4.71. The van der Waals surface area contributed by atoms with E-state index in [4.69, 9.17) is 4.42 Å². The zero-order chi connectivity index (χ0) is 25.6. The van der Waals surface area contributed by atoms with Crippen LogP contribution in [0.2, 0.25) is 0 Å². The number of aryl methyl sites for hydroxylation is 1. The minimum absolute atomic E-state index is 0.190. The molecule has 5 heteroatoms. The number of nitrogens with zero attached hydrogens (tertiary/aromatic N) is 2. The minimum Gasteiger partial charge on any atom is -0.398 e. The molecule has 0 saturated carbocycles. The van der Waals surface area contributed by atoms with Crippen molar-refractivity contribution in [3.63, 3.8) is 0 Å². The number of benzene rings is 2. The SMILES string of the molecule is CCN1C(=CC2=CC(=Cc3oc4ccccc4[n+]3CC)CC(C)(C)C2)Sc2ccc(-c3cccs3)cc21. The first-order chi connectivity index (χ1) is 17.9. The quantitative estimate of drug-likeness (QED) is 0.242. The van der Waals surface area contributed by atoms with E-state index < -0.39 is 0 Å². The van der Waals surface area contributed by atoms with E-state index in [0.717, 1.165) is 42.9 Å². The van der Waals surface area contributed by atoms with Gasteiger partial charge in [-0.3, -0.25) is 0 Å². The highest BCUT2D eigenvalue weighted by molar-refractivity contribution is 8.03. The van der Waals surface area contributed by atoms with Crippen molar-refractivity contribution in [2.45, 2.75) is 52.0 Å². The molecule has 0 N–H and O–H groups in total. The Labute approximate surface area is 227 Å². The lowest BCUT2D eigenvalue weighted by molar-refractivity contribution is -0.674. The molecule has 0 atom stereocenters. The molecule has 0 spiro atoms. The number of thiophene rings is 1. The van der Waals surface area contributed by atoms with Gasteiger partial charge in [0.25, 0.3) is 5.52 Å². The summed E-state index contributed by atoms with van der Waals surface area (Å²) in [5.74, 6) is 0.929. The number of para-hydroxylation sites is 2. The molecule has 0 saturated heterocycles. The summed E-state index contributed by atoms with van der Waals surface area (Å²) < 4.78 is 8.55. The molecule has 0 fully saturated rings. The number of anilines is 1. The van der Waals surface area contributed by atoms with Crippen LogP contribution in [-0.2, 0) is 6.54 Å². The monoisotopic (exact) mass is 525 g/mol. The van der Waals surface area contributed by atoms with E-state index in [2.05, 4.69) is 109 Å². The van der Waals surface area contributed by atoms with Crippen LogP contribution in [0, 0.1) is 5.41 Å². The van der Waals surface area contributed by atoms with Gasteiger partial charge in [0.2, 0.25) is 5.58 Å². The Morgan fingerprint density at radius 1 is 1.03 bits per heavy atom. The Morgan fingerprint density at radius 3 is 2.68 bits per heavy atom. The maximum atomic E-state index is 6.28. The molecule has 0 unspecified atom stereocenters. The van der Waals surface area contributed by atoms with Crippen LogP contribution < -0.4 is 9.47 Å². The molecule has 3 heterocycles. The van der Waals surface area contributed by atoms with Gasteiger partial charge in [0.05, 0.1) is 16.8 Å². The number of thioether (sulfide) groups is 1. The van der Waals surface area contributed by atoms with Gasteiger partial charge in [-0.2, -0.15) is 4.57 Å². The van der Waals surface area contributed by atoms with E-state index in [9.17, 15) is 0 Å². The fraction of sp³-hybridized carbons (Fsp3) is 0.281. The highest BCUT2D eigenvalue weighted by Gasteiger charge is 2.29. The number of fused-ring (bicyclic) bond motifs is 2. The van der Waals surface area contributed by atoms with Gasteiger partial charge in [-0.05, 0) is 84.5 Å². The highest BCUT2D eigenvalue weighted by Crippen LogP contribution is 2.49. The van der Waals surface area contributed by atoms with Gasteiger partial charge >= 0.3 is 5.89 Å². The second-order valence-electron chi connectivity index (χ2n) is 10.6. The minimum atomic E-state index is 0.190. The largest absolute Gasteiger partial charge is 0.398 e. The molecule has 37 heavy (non-hydrogen) atoms. The lowest BCUT2D eigenvalue weighted by Gasteiger charge is -2.30. The van der Waals surface area contributed by atoms with Crippen molar-refractivity contribution < 1.29 is 8.98 Å². The van der Waals surface area contributed by atoms with Crippen LogP contribution >= 0.6 is 23.1 Å². The van der Waals surface area contributed by atoms with E-state index in [1.54, 1.807) is 11.3 Å². The molecule has 0 bridgehead atoms. The smallest absolute Gasteiger partial charge is 0.374 e. The summed E-state index contributed by atoms with van der Waals surface area (Å²) in [6.07, 6.45) is 9.16. The molecular formula is C32H33N2OS2+.